The van der Waals surface area contributed by atoms with E-state index in [2.05, 4.69) is 5.32 Å². The number of hydrogen-bond donors (Lipinski definition) is 1. The van der Waals surface area contributed by atoms with Crippen LogP contribution in [0.1, 0.15) is 21.5 Å². The summed E-state index contributed by atoms with van der Waals surface area (Å²) in [5, 5.41) is 13.4. The molecule has 7 nitrogen and oxygen atoms in total. The molecular formula is C17H16N2O5. The third-order valence-electron chi connectivity index (χ3n) is 3.37. The Kier molecular flexibility index (Phi) is 5.26. The number of carbonyl (C=O) groups excluding carboxylic acids is 2. The molecule has 2 aromatic rings. The fraction of sp³-hybridized carbons (Fsp3) is 0.176. The van der Waals surface area contributed by atoms with E-state index in [9.17, 15) is 19.7 Å². The molecule has 0 unspecified atom stereocenters. The summed E-state index contributed by atoms with van der Waals surface area (Å²) in [6, 6.07) is 10.7. The molecule has 0 bridgehead atoms. The molecule has 0 radical (unpaired) electrons. The first-order valence-corrected chi connectivity index (χ1v) is 7.16. The minimum absolute atomic E-state index is 0.0177. The van der Waals surface area contributed by atoms with Crippen molar-refractivity contribution >= 4 is 23.3 Å². The van der Waals surface area contributed by atoms with Gasteiger partial charge in [0.25, 0.3) is 11.6 Å². The van der Waals surface area contributed by atoms with Crippen molar-refractivity contribution in [3.8, 4) is 0 Å². The maximum Gasteiger partial charge on any atom is 0.338 e. The summed E-state index contributed by atoms with van der Waals surface area (Å²) in [5.74, 6) is -1.28. The van der Waals surface area contributed by atoms with Gasteiger partial charge in [0.05, 0.1) is 10.5 Å². The lowest BCUT2D eigenvalue weighted by molar-refractivity contribution is -0.384. The first-order chi connectivity index (χ1) is 11.4. The van der Waals surface area contributed by atoms with Gasteiger partial charge in [0.1, 0.15) is 0 Å². The minimum atomic E-state index is -0.796. The fourth-order valence-corrected chi connectivity index (χ4v) is 2.15. The van der Waals surface area contributed by atoms with Crippen LogP contribution in [-0.2, 0) is 9.53 Å². The number of nitro benzene ring substituents is 1. The van der Waals surface area contributed by atoms with Crippen molar-refractivity contribution in [2.24, 2.45) is 0 Å². The number of benzene rings is 2. The maximum absolute atomic E-state index is 11.9. The van der Waals surface area contributed by atoms with E-state index in [0.29, 0.717) is 5.69 Å². The number of nitrogens with one attached hydrogen (secondary N) is 1. The van der Waals surface area contributed by atoms with E-state index in [0.717, 1.165) is 17.2 Å². The standard InChI is InChI=1S/C17H16N2O5/c1-11-5-3-6-12(2)16(11)18-15(20)10-24-17(21)13-7-4-8-14(9-13)19(22)23/h3-9H,10H2,1-2H3,(H,18,20). The lowest BCUT2D eigenvalue weighted by atomic mass is 10.1. The van der Waals surface area contributed by atoms with Crippen LogP contribution in [0.4, 0.5) is 11.4 Å². The van der Waals surface area contributed by atoms with Gasteiger partial charge < -0.3 is 10.1 Å². The molecule has 0 fully saturated rings. The highest BCUT2D eigenvalue weighted by atomic mass is 16.6. The Hall–Kier alpha value is -3.22. The zero-order valence-electron chi connectivity index (χ0n) is 13.2. The molecule has 1 amide bonds. The van der Waals surface area contributed by atoms with Gasteiger partial charge in [-0.25, -0.2) is 4.79 Å². The molecular weight excluding hydrogens is 312 g/mol. The lowest BCUT2D eigenvalue weighted by Crippen LogP contribution is -2.21. The van der Waals surface area contributed by atoms with Crippen LogP contribution >= 0.6 is 0 Å². The summed E-state index contributed by atoms with van der Waals surface area (Å²) in [6.45, 7) is 3.24. The number of esters is 1. The second-order valence-electron chi connectivity index (χ2n) is 5.20. The number of ether oxygens (including phenoxy) is 1. The van der Waals surface area contributed by atoms with E-state index < -0.39 is 23.4 Å². The zero-order chi connectivity index (χ0) is 17.7. The molecule has 0 saturated heterocycles. The van der Waals surface area contributed by atoms with E-state index in [4.69, 9.17) is 4.74 Å². The van der Waals surface area contributed by atoms with Gasteiger partial charge in [0.15, 0.2) is 6.61 Å². The highest BCUT2D eigenvalue weighted by molar-refractivity contribution is 5.96. The number of non-ortho nitro benzene ring substituents is 1. The number of rotatable bonds is 5. The van der Waals surface area contributed by atoms with E-state index in [1.807, 2.05) is 32.0 Å². The van der Waals surface area contributed by atoms with Crippen LogP contribution in [0.3, 0.4) is 0 Å². The second kappa shape index (κ2) is 7.36. The minimum Gasteiger partial charge on any atom is -0.452 e. The second-order valence-corrected chi connectivity index (χ2v) is 5.20. The predicted molar refractivity (Wildman–Crippen MR) is 87.9 cm³/mol. The quantitative estimate of drug-likeness (QED) is 0.517. The van der Waals surface area contributed by atoms with Crippen molar-refractivity contribution in [3.05, 3.63) is 69.3 Å². The zero-order valence-corrected chi connectivity index (χ0v) is 13.2. The number of nitrogens with zero attached hydrogens (tertiary/aromatic N) is 1. The van der Waals surface area contributed by atoms with E-state index in [1.165, 1.54) is 18.2 Å². The highest BCUT2D eigenvalue weighted by Gasteiger charge is 2.15. The number of anilines is 1. The van der Waals surface area contributed by atoms with Gasteiger partial charge in [-0.3, -0.25) is 14.9 Å². The molecule has 0 aliphatic carbocycles. The van der Waals surface area contributed by atoms with E-state index in [1.54, 1.807) is 0 Å². The summed E-state index contributed by atoms with van der Waals surface area (Å²) in [4.78, 5) is 33.9. The number of carbonyl (C=O) groups is 2. The molecule has 2 rings (SSSR count). The molecule has 0 saturated carbocycles. The Morgan fingerprint density at radius 1 is 1.12 bits per heavy atom. The number of aryl methyl sites for hydroxylation is 2. The van der Waals surface area contributed by atoms with Crippen LogP contribution in [0.25, 0.3) is 0 Å². The molecule has 7 heteroatoms. The summed E-state index contributed by atoms with van der Waals surface area (Å²) in [7, 11) is 0. The van der Waals surface area contributed by atoms with Crippen LogP contribution < -0.4 is 5.32 Å². The van der Waals surface area contributed by atoms with E-state index in [-0.39, 0.29) is 11.3 Å². The Morgan fingerprint density at radius 2 is 1.75 bits per heavy atom. The van der Waals surface area contributed by atoms with Gasteiger partial charge in [-0.2, -0.15) is 0 Å². The molecule has 24 heavy (non-hydrogen) atoms. The SMILES string of the molecule is Cc1cccc(C)c1NC(=O)COC(=O)c1cccc([N+](=O)[O-])c1. The van der Waals surface area contributed by atoms with Gasteiger partial charge in [0.2, 0.25) is 0 Å². The van der Waals surface area contributed by atoms with Gasteiger partial charge >= 0.3 is 5.97 Å². The molecule has 0 aliphatic heterocycles. The third-order valence-corrected chi connectivity index (χ3v) is 3.37. The molecule has 0 aliphatic rings. The lowest BCUT2D eigenvalue weighted by Gasteiger charge is -2.11. The fourth-order valence-electron chi connectivity index (χ4n) is 2.15. The van der Waals surface area contributed by atoms with E-state index >= 15 is 0 Å². The Bertz CT molecular complexity index is 781. The highest BCUT2D eigenvalue weighted by Crippen LogP contribution is 2.19. The van der Waals surface area contributed by atoms with Crippen molar-refractivity contribution in [1.29, 1.82) is 0 Å². The summed E-state index contributed by atoms with van der Waals surface area (Å²) in [6.07, 6.45) is 0. The normalized spacial score (nSPS) is 10.1. The average molecular weight is 328 g/mol. The van der Waals surface area contributed by atoms with Crippen LogP contribution in [0.5, 0.6) is 0 Å². The molecule has 124 valence electrons. The smallest absolute Gasteiger partial charge is 0.338 e. The van der Waals surface area contributed by atoms with Gasteiger partial charge in [-0.15, -0.1) is 0 Å². The van der Waals surface area contributed by atoms with Gasteiger partial charge in [-0.05, 0) is 31.0 Å². The average Bonchev–Trinajstić information content (AvgIpc) is 2.56. The summed E-state index contributed by atoms with van der Waals surface area (Å²) >= 11 is 0. The number of hydrogen-bond acceptors (Lipinski definition) is 5. The third kappa shape index (κ3) is 4.16. The summed E-state index contributed by atoms with van der Waals surface area (Å²) in [5.41, 5.74) is 2.27. The van der Waals surface area contributed by atoms with Gasteiger partial charge in [-0.1, -0.05) is 24.3 Å². The molecule has 0 heterocycles. The maximum atomic E-state index is 11.9. The number of amides is 1. The molecule has 0 atom stereocenters. The van der Waals surface area contributed by atoms with Gasteiger partial charge in [0, 0.05) is 17.8 Å². The molecule has 0 spiro atoms. The first-order valence-electron chi connectivity index (χ1n) is 7.16. The van der Waals surface area contributed by atoms with Crippen molar-refractivity contribution in [2.75, 3.05) is 11.9 Å². The first kappa shape index (κ1) is 17.1. The monoisotopic (exact) mass is 328 g/mol. The van der Waals surface area contributed by atoms with Crippen molar-refractivity contribution in [3.63, 3.8) is 0 Å². The van der Waals surface area contributed by atoms with Crippen molar-refractivity contribution < 1.29 is 19.2 Å². The Morgan fingerprint density at radius 3 is 2.38 bits per heavy atom. The van der Waals surface area contributed by atoms with Crippen molar-refractivity contribution in [2.45, 2.75) is 13.8 Å². The van der Waals surface area contributed by atoms with Crippen LogP contribution in [0.2, 0.25) is 0 Å². The molecule has 2 aromatic carbocycles. The molecule has 1 N–H and O–H groups in total. The van der Waals surface area contributed by atoms with Crippen LogP contribution in [0, 0.1) is 24.0 Å². The molecule has 0 aromatic heterocycles. The largest absolute Gasteiger partial charge is 0.452 e. The topological polar surface area (TPSA) is 98.5 Å². The Labute approximate surface area is 138 Å². The van der Waals surface area contributed by atoms with Crippen molar-refractivity contribution in [1.82, 2.24) is 0 Å². The number of nitro groups is 1. The summed E-state index contributed by atoms with van der Waals surface area (Å²) < 4.78 is 4.90. The number of para-hydroxylation sites is 1. The van der Waals surface area contributed by atoms with Crippen LogP contribution in [0.15, 0.2) is 42.5 Å². The van der Waals surface area contributed by atoms with Crippen LogP contribution in [-0.4, -0.2) is 23.4 Å². The predicted octanol–water partition coefficient (Wildman–Crippen LogP) is 3.01. The Balaban J connectivity index is 1.98.